The molecule has 1 aromatic rings. The second-order valence-corrected chi connectivity index (χ2v) is 5.50. The zero-order chi connectivity index (χ0) is 13.1. The summed E-state index contributed by atoms with van der Waals surface area (Å²) in [5, 5.41) is 6.19. The van der Waals surface area contributed by atoms with Gasteiger partial charge in [0, 0.05) is 16.6 Å². The van der Waals surface area contributed by atoms with E-state index in [0.717, 1.165) is 19.4 Å². The number of piperidine rings is 1. The molecule has 0 radical (unpaired) electrons. The van der Waals surface area contributed by atoms with Crippen molar-refractivity contribution in [2.45, 2.75) is 31.8 Å². The van der Waals surface area contributed by atoms with E-state index in [1.54, 1.807) is 6.07 Å². The molecule has 1 amide bonds. The zero-order valence-corrected chi connectivity index (χ0v) is 11.8. The number of carbonyl (C=O) groups excluding carboxylic acids is 1. The largest absolute Gasteiger partial charge is 0.348 e. The molecule has 1 aliphatic rings. The number of amides is 1. The van der Waals surface area contributed by atoms with E-state index in [-0.39, 0.29) is 23.6 Å². The molecule has 5 heteroatoms. The average Bonchev–Trinajstić information content (AvgIpc) is 2.32. The van der Waals surface area contributed by atoms with Crippen molar-refractivity contribution in [2.75, 3.05) is 6.54 Å². The molecule has 0 aromatic heterocycles. The average molecular weight is 315 g/mol. The van der Waals surface area contributed by atoms with Crippen LogP contribution in [0.15, 0.2) is 22.7 Å². The van der Waals surface area contributed by atoms with E-state index in [0.29, 0.717) is 4.47 Å². The van der Waals surface area contributed by atoms with Crippen LogP contribution in [-0.2, 0) is 0 Å². The predicted octanol–water partition coefficient (Wildman–Crippen LogP) is 2.46. The first-order chi connectivity index (χ1) is 8.58. The first-order valence-corrected chi connectivity index (χ1v) is 6.86. The van der Waals surface area contributed by atoms with Gasteiger partial charge in [0.25, 0.3) is 5.91 Å². The highest BCUT2D eigenvalue weighted by Gasteiger charge is 2.23. The van der Waals surface area contributed by atoms with Crippen molar-refractivity contribution >= 4 is 21.8 Å². The summed E-state index contributed by atoms with van der Waals surface area (Å²) in [5.41, 5.74) is 0.0935. The van der Waals surface area contributed by atoms with Crippen LogP contribution in [0.5, 0.6) is 0 Å². The topological polar surface area (TPSA) is 41.1 Å². The molecule has 1 aromatic carbocycles. The maximum atomic E-state index is 13.6. The van der Waals surface area contributed by atoms with Gasteiger partial charge in [0.1, 0.15) is 5.82 Å². The SMILES string of the molecule is CC1NCCCC1NC(=O)c1ccc(Br)cc1F. The summed E-state index contributed by atoms with van der Waals surface area (Å²) < 4.78 is 14.3. The minimum absolute atomic E-state index is 0.0642. The van der Waals surface area contributed by atoms with Crippen molar-refractivity contribution < 1.29 is 9.18 Å². The first-order valence-electron chi connectivity index (χ1n) is 6.07. The molecule has 1 fully saturated rings. The van der Waals surface area contributed by atoms with Crippen molar-refractivity contribution in [1.29, 1.82) is 0 Å². The van der Waals surface area contributed by atoms with Crippen LogP contribution in [0.1, 0.15) is 30.1 Å². The summed E-state index contributed by atoms with van der Waals surface area (Å²) in [4.78, 5) is 12.0. The third-order valence-corrected chi connectivity index (χ3v) is 3.75. The summed E-state index contributed by atoms with van der Waals surface area (Å²) >= 11 is 3.17. The van der Waals surface area contributed by atoms with E-state index in [2.05, 4.69) is 26.6 Å². The lowest BCUT2D eigenvalue weighted by atomic mass is 9.99. The lowest BCUT2D eigenvalue weighted by Gasteiger charge is -2.30. The molecule has 2 N–H and O–H groups in total. The lowest BCUT2D eigenvalue weighted by molar-refractivity contribution is 0.0915. The fourth-order valence-electron chi connectivity index (χ4n) is 2.16. The lowest BCUT2D eigenvalue weighted by Crippen LogP contribution is -2.52. The van der Waals surface area contributed by atoms with Gasteiger partial charge in [-0.15, -0.1) is 0 Å². The van der Waals surface area contributed by atoms with Crippen LogP contribution >= 0.6 is 15.9 Å². The van der Waals surface area contributed by atoms with Crippen LogP contribution in [0.25, 0.3) is 0 Å². The van der Waals surface area contributed by atoms with Crippen molar-refractivity contribution in [3.8, 4) is 0 Å². The van der Waals surface area contributed by atoms with Crippen molar-refractivity contribution in [3.05, 3.63) is 34.1 Å². The monoisotopic (exact) mass is 314 g/mol. The number of hydrogen-bond donors (Lipinski definition) is 2. The van der Waals surface area contributed by atoms with Gasteiger partial charge in [-0.25, -0.2) is 4.39 Å². The molecule has 18 heavy (non-hydrogen) atoms. The van der Waals surface area contributed by atoms with E-state index in [1.165, 1.54) is 12.1 Å². The van der Waals surface area contributed by atoms with Gasteiger partial charge >= 0.3 is 0 Å². The maximum Gasteiger partial charge on any atom is 0.254 e. The Kier molecular flexibility index (Phi) is 4.35. The quantitative estimate of drug-likeness (QED) is 0.880. The molecule has 98 valence electrons. The number of benzene rings is 1. The second-order valence-electron chi connectivity index (χ2n) is 4.59. The van der Waals surface area contributed by atoms with Crippen LogP contribution in [-0.4, -0.2) is 24.5 Å². The third-order valence-electron chi connectivity index (χ3n) is 3.25. The minimum atomic E-state index is -0.502. The molecule has 3 nitrogen and oxygen atoms in total. The van der Waals surface area contributed by atoms with Gasteiger partial charge < -0.3 is 10.6 Å². The Hall–Kier alpha value is -0.940. The van der Waals surface area contributed by atoms with E-state index in [9.17, 15) is 9.18 Å². The Morgan fingerprint density at radius 1 is 1.56 bits per heavy atom. The second kappa shape index (κ2) is 5.80. The molecule has 0 bridgehead atoms. The van der Waals surface area contributed by atoms with Crippen LogP contribution in [0.4, 0.5) is 4.39 Å². The van der Waals surface area contributed by atoms with Gasteiger partial charge in [-0.2, -0.15) is 0 Å². The van der Waals surface area contributed by atoms with Crippen LogP contribution < -0.4 is 10.6 Å². The van der Waals surface area contributed by atoms with Crippen molar-refractivity contribution in [1.82, 2.24) is 10.6 Å². The zero-order valence-electron chi connectivity index (χ0n) is 10.2. The van der Waals surface area contributed by atoms with Crippen LogP contribution in [0, 0.1) is 5.82 Å². The molecule has 0 aliphatic carbocycles. The highest BCUT2D eigenvalue weighted by molar-refractivity contribution is 9.10. The molecule has 2 rings (SSSR count). The van der Waals surface area contributed by atoms with E-state index in [4.69, 9.17) is 0 Å². The Labute approximate surface area is 114 Å². The van der Waals surface area contributed by atoms with Gasteiger partial charge in [-0.3, -0.25) is 4.79 Å². The summed E-state index contributed by atoms with van der Waals surface area (Å²) in [6.45, 7) is 3.00. The standard InChI is InChI=1S/C13H16BrFN2O/c1-8-12(3-2-6-16-8)17-13(18)10-5-4-9(14)7-11(10)15/h4-5,7-8,12,16H,2-3,6H2,1H3,(H,17,18). The summed E-state index contributed by atoms with van der Waals surface area (Å²) in [6, 6.07) is 4.75. The summed E-state index contributed by atoms with van der Waals surface area (Å²) in [5.74, 6) is -0.848. The normalized spacial score (nSPS) is 23.7. The molecular weight excluding hydrogens is 299 g/mol. The molecule has 1 heterocycles. The van der Waals surface area contributed by atoms with Gasteiger partial charge in [0.05, 0.1) is 5.56 Å². The van der Waals surface area contributed by atoms with Gasteiger partial charge in [0.15, 0.2) is 0 Å². The number of nitrogens with one attached hydrogen (secondary N) is 2. The fraction of sp³-hybridized carbons (Fsp3) is 0.462. The van der Waals surface area contributed by atoms with Gasteiger partial charge in [0.2, 0.25) is 0 Å². The summed E-state index contributed by atoms with van der Waals surface area (Å²) in [6.07, 6.45) is 1.95. The molecule has 2 unspecified atom stereocenters. The molecular formula is C13H16BrFN2O. The Bertz CT molecular complexity index is 453. The highest BCUT2D eigenvalue weighted by Crippen LogP contribution is 2.16. The minimum Gasteiger partial charge on any atom is -0.348 e. The predicted molar refractivity (Wildman–Crippen MR) is 72.1 cm³/mol. The Morgan fingerprint density at radius 2 is 2.33 bits per heavy atom. The molecule has 0 saturated carbocycles. The molecule has 1 saturated heterocycles. The van der Waals surface area contributed by atoms with E-state index >= 15 is 0 Å². The number of rotatable bonds is 2. The Balaban J connectivity index is 2.07. The molecule has 2 atom stereocenters. The van der Waals surface area contributed by atoms with Crippen LogP contribution in [0.3, 0.4) is 0 Å². The van der Waals surface area contributed by atoms with E-state index in [1.807, 2.05) is 6.92 Å². The van der Waals surface area contributed by atoms with E-state index < -0.39 is 5.82 Å². The number of carbonyl (C=O) groups is 1. The van der Waals surface area contributed by atoms with Crippen molar-refractivity contribution in [3.63, 3.8) is 0 Å². The smallest absolute Gasteiger partial charge is 0.254 e. The summed E-state index contributed by atoms with van der Waals surface area (Å²) in [7, 11) is 0. The van der Waals surface area contributed by atoms with Gasteiger partial charge in [-0.1, -0.05) is 15.9 Å². The first kappa shape index (κ1) is 13.5. The van der Waals surface area contributed by atoms with Crippen molar-refractivity contribution in [2.24, 2.45) is 0 Å². The molecule has 1 aliphatic heterocycles. The number of hydrogen-bond acceptors (Lipinski definition) is 2. The maximum absolute atomic E-state index is 13.6. The van der Waals surface area contributed by atoms with Crippen LogP contribution in [0.2, 0.25) is 0 Å². The highest BCUT2D eigenvalue weighted by atomic mass is 79.9. The number of halogens is 2. The third kappa shape index (κ3) is 3.09. The molecule has 0 spiro atoms. The fourth-order valence-corrected chi connectivity index (χ4v) is 2.49. The van der Waals surface area contributed by atoms with Gasteiger partial charge in [-0.05, 0) is 44.5 Å². The Morgan fingerprint density at radius 3 is 3.00 bits per heavy atom.